The topological polar surface area (TPSA) is 63.9 Å². The standard InChI is InChI=1S/C25H27N5O2/c1-2-5-20(6-3-1)19-31-16-14-29-13-10-26-11-15-32-22-8-4-7-21(17-22)23-18-27-30-12-9-24(29)28-25(23)30/h1-9,12,17-18,26H,10-11,13-16,19H2. The lowest BCUT2D eigenvalue weighted by Gasteiger charge is -2.24. The Morgan fingerprint density at radius 1 is 1.03 bits per heavy atom. The molecule has 4 bridgehead atoms. The van der Waals surface area contributed by atoms with Gasteiger partial charge in [-0.25, -0.2) is 9.50 Å². The molecule has 0 radical (unpaired) electrons. The van der Waals surface area contributed by atoms with Gasteiger partial charge in [-0.15, -0.1) is 0 Å². The molecule has 0 saturated heterocycles. The molecule has 0 atom stereocenters. The van der Waals surface area contributed by atoms with Gasteiger partial charge in [0.15, 0.2) is 5.65 Å². The Labute approximate surface area is 187 Å². The number of ether oxygens (including phenoxy) is 2. The molecule has 0 aliphatic carbocycles. The largest absolute Gasteiger partial charge is 0.492 e. The van der Waals surface area contributed by atoms with Gasteiger partial charge in [0.2, 0.25) is 0 Å². The minimum Gasteiger partial charge on any atom is -0.492 e. The fourth-order valence-electron chi connectivity index (χ4n) is 3.85. The summed E-state index contributed by atoms with van der Waals surface area (Å²) in [5, 5.41) is 7.96. The van der Waals surface area contributed by atoms with Gasteiger partial charge in [-0.05, 0) is 29.3 Å². The van der Waals surface area contributed by atoms with Crippen LogP contribution in [0.4, 0.5) is 5.82 Å². The second kappa shape index (κ2) is 9.80. The average molecular weight is 430 g/mol. The van der Waals surface area contributed by atoms with E-state index in [1.165, 1.54) is 5.56 Å². The molecule has 0 spiro atoms. The molecular formula is C25H27N5O2. The first kappa shape index (κ1) is 20.5. The molecule has 7 heteroatoms. The SMILES string of the molecule is c1ccc(COCCN2CCNCCOc3cccc(c3)-c3cnn4ccc2nc34)cc1. The van der Waals surface area contributed by atoms with Crippen molar-refractivity contribution in [2.24, 2.45) is 0 Å². The van der Waals surface area contributed by atoms with Crippen LogP contribution in [-0.4, -0.2) is 54.0 Å². The van der Waals surface area contributed by atoms with Crippen LogP contribution in [0.1, 0.15) is 5.56 Å². The van der Waals surface area contributed by atoms with Crippen molar-refractivity contribution in [2.75, 3.05) is 44.3 Å². The fourth-order valence-corrected chi connectivity index (χ4v) is 3.85. The van der Waals surface area contributed by atoms with E-state index in [1.54, 1.807) is 0 Å². The van der Waals surface area contributed by atoms with E-state index in [9.17, 15) is 0 Å². The molecule has 2 aromatic heterocycles. The van der Waals surface area contributed by atoms with E-state index in [1.807, 2.05) is 59.4 Å². The van der Waals surface area contributed by atoms with E-state index < -0.39 is 0 Å². The summed E-state index contributed by atoms with van der Waals surface area (Å²) in [6, 6.07) is 20.4. The number of fused-ring (bicyclic) bond motifs is 4. The van der Waals surface area contributed by atoms with E-state index in [0.717, 1.165) is 54.5 Å². The van der Waals surface area contributed by atoms with Crippen molar-refractivity contribution in [3.8, 4) is 16.9 Å². The van der Waals surface area contributed by atoms with E-state index in [-0.39, 0.29) is 0 Å². The summed E-state index contributed by atoms with van der Waals surface area (Å²) in [6.07, 6.45) is 3.84. The van der Waals surface area contributed by atoms with Gasteiger partial charge >= 0.3 is 0 Å². The molecule has 0 saturated carbocycles. The highest BCUT2D eigenvalue weighted by Crippen LogP contribution is 2.28. The van der Waals surface area contributed by atoms with Crippen molar-refractivity contribution < 1.29 is 9.47 Å². The number of aromatic nitrogens is 3. The lowest BCUT2D eigenvalue weighted by Crippen LogP contribution is -2.36. The number of hydrogen-bond acceptors (Lipinski definition) is 6. The maximum absolute atomic E-state index is 5.95. The van der Waals surface area contributed by atoms with Crippen LogP contribution in [0.25, 0.3) is 16.8 Å². The highest BCUT2D eigenvalue weighted by Gasteiger charge is 2.14. The number of nitrogens with one attached hydrogen (secondary N) is 1. The maximum Gasteiger partial charge on any atom is 0.165 e. The van der Waals surface area contributed by atoms with Gasteiger partial charge < -0.3 is 19.7 Å². The van der Waals surface area contributed by atoms with Crippen molar-refractivity contribution >= 4 is 11.5 Å². The Morgan fingerprint density at radius 3 is 2.91 bits per heavy atom. The van der Waals surface area contributed by atoms with Gasteiger partial charge in [0.1, 0.15) is 18.2 Å². The van der Waals surface area contributed by atoms with Gasteiger partial charge in [-0.1, -0.05) is 42.5 Å². The molecule has 3 heterocycles. The van der Waals surface area contributed by atoms with Crippen LogP contribution in [0.5, 0.6) is 5.75 Å². The normalized spacial score (nSPS) is 14.3. The predicted octanol–water partition coefficient (Wildman–Crippen LogP) is 3.40. The minimum atomic E-state index is 0.611. The van der Waals surface area contributed by atoms with E-state index in [2.05, 4.69) is 33.5 Å². The third kappa shape index (κ3) is 4.74. The Kier molecular flexibility index (Phi) is 6.28. The lowest BCUT2D eigenvalue weighted by molar-refractivity contribution is 0.126. The maximum atomic E-state index is 5.95. The van der Waals surface area contributed by atoms with Crippen LogP contribution in [0.15, 0.2) is 73.1 Å². The second-order valence-electron chi connectivity index (χ2n) is 7.76. The van der Waals surface area contributed by atoms with Crippen molar-refractivity contribution in [3.63, 3.8) is 0 Å². The van der Waals surface area contributed by atoms with E-state index >= 15 is 0 Å². The Balaban J connectivity index is 1.38. The summed E-state index contributed by atoms with van der Waals surface area (Å²) in [5.41, 5.74) is 4.05. The Hall–Kier alpha value is -3.42. The third-order valence-electron chi connectivity index (χ3n) is 5.55. The van der Waals surface area contributed by atoms with Gasteiger partial charge in [0, 0.05) is 37.9 Å². The highest BCUT2D eigenvalue weighted by molar-refractivity contribution is 5.78. The van der Waals surface area contributed by atoms with Crippen LogP contribution in [0.2, 0.25) is 0 Å². The molecule has 32 heavy (non-hydrogen) atoms. The lowest BCUT2D eigenvalue weighted by atomic mass is 10.1. The first-order chi connectivity index (χ1) is 15.9. The molecule has 1 aliphatic heterocycles. The van der Waals surface area contributed by atoms with E-state index in [0.29, 0.717) is 19.8 Å². The quantitative estimate of drug-likeness (QED) is 0.491. The summed E-state index contributed by atoms with van der Waals surface area (Å²) in [5.74, 6) is 1.78. The van der Waals surface area contributed by atoms with Crippen LogP contribution < -0.4 is 15.0 Å². The first-order valence-corrected chi connectivity index (χ1v) is 11.0. The summed E-state index contributed by atoms with van der Waals surface area (Å²) in [6.45, 7) is 5.06. The van der Waals surface area contributed by atoms with Gasteiger partial charge in [-0.3, -0.25) is 0 Å². The van der Waals surface area contributed by atoms with Crippen LogP contribution in [-0.2, 0) is 11.3 Å². The third-order valence-corrected chi connectivity index (χ3v) is 5.55. The zero-order valence-electron chi connectivity index (χ0n) is 18.0. The highest BCUT2D eigenvalue weighted by atomic mass is 16.5. The number of nitrogens with zero attached hydrogens (tertiary/aromatic N) is 4. The Morgan fingerprint density at radius 2 is 1.97 bits per heavy atom. The smallest absolute Gasteiger partial charge is 0.165 e. The second-order valence-corrected chi connectivity index (χ2v) is 7.76. The zero-order valence-corrected chi connectivity index (χ0v) is 18.0. The molecule has 2 aromatic carbocycles. The summed E-state index contributed by atoms with van der Waals surface area (Å²) >= 11 is 0. The van der Waals surface area contributed by atoms with Crippen molar-refractivity contribution in [2.45, 2.75) is 6.61 Å². The monoisotopic (exact) mass is 429 g/mol. The van der Waals surface area contributed by atoms with E-state index in [4.69, 9.17) is 14.5 Å². The molecule has 164 valence electrons. The summed E-state index contributed by atoms with van der Waals surface area (Å²) in [7, 11) is 0. The molecule has 0 unspecified atom stereocenters. The molecule has 1 N–H and O–H groups in total. The fraction of sp³-hybridized carbons (Fsp3) is 0.280. The van der Waals surface area contributed by atoms with Gasteiger partial charge in [-0.2, -0.15) is 5.10 Å². The molecule has 5 rings (SSSR count). The molecule has 0 fully saturated rings. The predicted molar refractivity (Wildman–Crippen MR) is 125 cm³/mol. The van der Waals surface area contributed by atoms with Crippen molar-refractivity contribution in [3.05, 3.63) is 78.6 Å². The summed E-state index contributed by atoms with van der Waals surface area (Å²) in [4.78, 5) is 7.24. The van der Waals surface area contributed by atoms with Crippen molar-refractivity contribution in [1.29, 1.82) is 0 Å². The first-order valence-electron chi connectivity index (χ1n) is 11.0. The number of hydrogen-bond donors (Lipinski definition) is 1. The summed E-state index contributed by atoms with van der Waals surface area (Å²) < 4.78 is 13.7. The number of anilines is 1. The number of benzene rings is 2. The molecule has 0 amide bonds. The molecule has 7 nitrogen and oxygen atoms in total. The Bertz CT molecular complexity index is 1160. The number of rotatable bonds is 5. The zero-order chi connectivity index (χ0) is 21.6. The average Bonchev–Trinajstić information content (AvgIpc) is 3.26. The molecular weight excluding hydrogens is 402 g/mol. The van der Waals surface area contributed by atoms with Crippen LogP contribution in [0, 0.1) is 0 Å². The van der Waals surface area contributed by atoms with Gasteiger partial charge in [0.05, 0.1) is 19.4 Å². The van der Waals surface area contributed by atoms with Gasteiger partial charge in [0.25, 0.3) is 0 Å². The minimum absolute atomic E-state index is 0.611. The van der Waals surface area contributed by atoms with Crippen LogP contribution in [0.3, 0.4) is 0 Å². The molecule has 1 aliphatic rings. The van der Waals surface area contributed by atoms with Crippen LogP contribution >= 0.6 is 0 Å². The van der Waals surface area contributed by atoms with Crippen molar-refractivity contribution in [1.82, 2.24) is 19.9 Å². The molecule has 4 aromatic rings.